The number of hydrogen-bond donors (Lipinski definition) is 2. The molecule has 0 spiro atoms. The van der Waals surface area contributed by atoms with Gasteiger partial charge in [0.1, 0.15) is 11.5 Å². The molecule has 0 amide bonds. The Kier molecular flexibility index (Phi) is 5.50. The predicted molar refractivity (Wildman–Crippen MR) is 135 cm³/mol. The third-order valence-corrected chi connectivity index (χ3v) is 9.49. The Labute approximate surface area is 193 Å². The van der Waals surface area contributed by atoms with Crippen molar-refractivity contribution in [3.63, 3.8) is 0 Å². The van der Waals surface area contributed by atoms with Crippen LogP contribution in [0.5, 0.6) is 11.5 Å². The number of aromatic hydroxyl groups is 2. The second-order valence-electron chi connectivity index (χ2n) is 8.01. The molecule has 0 saturated heterocycles. The van der Waals surface area contributed by atoms with Gasteiger partial charge in [0.15, 0.2) is 7.14 Å². The maximum Gasteiger partial charge on any atom is 0.154 e. The molecule has 0 aromatic heterocycles. The van der Waals surface area contributed by atoms with Crippen molar-refractivity contribution in [3.8, 4) is 11.5 Å². The molecule has 0 heterocycles. The highest BCUT2D eigenvalue weighted by molar-refractivity contribution is 7.79. The molecule has 0 aliphatic rings. The van der Waals surface area contributed by atoms with E-state index in [0.717, 1.165) is 10.8 Å². The largest absolute Gasteiger partial charge is 0.508 e. The van der Waals surface area contributed by atoms with Gasteiger partial charge >= 0.3 is 0 Å². The molecule has 5 rings (SSSR count). The molecule has 33 heavy (non-hydrogen) atoms. The van der Waals surface area contributed by atoms with Crippen LogP contribution in [0.15, 0.2) is 121 Å². The zero-order valence-electron chi connectivity index (χ0n) is 17.9. The van der Waals surface area contributed by atoms with E-state index in [1.807, 2.05) is 97.1 Å². The van der Waals surface area contributed by atoms with Crippen LogP contribution < -0.4 is 10.6 Å². The number of rotatable bonds is 5. The van der Waals surface area contributed by atoms with Gasteiger partial charge in [-0.2, -0.15) is 0 Å². The lowest BCUT2D eigenvalue weighted by Gasteiger charge is -2.31. The SMILES string of the molecule is O=P(c1ccccc1)(c1ccccc1)C(c1ccccc1O)c1c(O)ccc2ccccc12. The summed E-state index contributed by atoms with van der Waals surface area (Å²) in [6.45, 7) is 0. The van der Waals surface area contributed by atoms with Gasteiger partial charge in [-0.15, -0.1) is 0 Å². The first-order valence-electron chi connectivity index (χ1n) is 10.8. The molecule has 4 heteroatoms. The van der Waals surface area contributed by atoms with Gasteiger partial charge in [-0.3, -0.25) is 0 Å². The van der Waals surface area contributed by atoms with E-state index in [1.165, 1.54) is 0 Å². The molecule has 0 saturated carbocycles. The van der Waals surface area contributed by atoms with Crippen LogP contribution in [-0.4, -0.2) is 10.2 Å². The van der Waals surface area contributed by atoms with E-state index < -0.39 is 12.8 Å². The highest BCUT2D eigenvalue weighted by atomic mass is 31.2. The topological polar surface area (TPSA) is 57.5 Å². The Morgan fingerprint density at radius 1 is 0.545 bits per heavy atom. The summed E-state index contributed by atoms with van der Waals surface area (Å²) in [6, 6.07) is 36.9. The third-order valence-electron chi connectivity index (χ3n) is 6.10. The normalized spacial score (nSPS) is 12.5. The van der Waals surface area contributed by atoms with Crippen molar-refractivity contribution in [2.75, 3.05) is 0 Å². The van der Waals surface area contributed by atoms with Crippen LogP contribution in [0.3, 0.4) is 0 Å². The van der Waals surface area contributed by atoms with Crippen LogP contribution in [0.2, 0.25) is 0 Å². The Morgan fingerprint density at radius 2 is 1.09 bits per heavy atom. The van der Waals surface area contributed by atoms with Gasteiger partial charge in [-0.05, 0) is 22.9 Å². The summed E-state index contributed by atoms with van der Waals surface area (Å²) in [7, 11) is -3.46. The monoisotopic (exact) mass is 450 g/mol. The number of para-hydroxylation sites is 1. The van der Waals surface area contributed by atoms with Crippen LogP contribution in [0.4, 0.5) is 0 Å². The van der Waals surface area contributed by atoms with Crippen LogP contribution in [0, 0.1) is 0 Å². The molecule has 0 aliphatic carbocycles. The van der Waals surface area contributed by atoms with Gasteiger partial charge in [0, 0.05) is 21.7 Å². The second kappa shape index (κ2) is 8.61. The van der Waals surface area contributed by atoms with Crippen molar-refractivity contribution >= 4 is 28.5 Å². The molecule has 5 aromatic rings. The average molecular weight is 450 g/mol. The summed E-state index contributed by atoms with van der Waals surface area (Å²) in [5.74, 6) is 0.0935. The fourth-order valence-corrected chi connectivity index (χ4v) is 7.94. The van der Waals surface area contributed by atoms with E-state index in [4.69, 9.17) is 0 Å². The fraction of sp³-hybridized carbons (Fsp3) is 0.0345. The van der Waals surface area contributed by atoms with E-state index in [9.17, 15) is 10.2 Å². The maximum atomic E-state index is 15.4. The van der Waals surface area contributed by atoms with Crippen molar-refractivity contribution < 1.29 is 14.8 Å². The zero-order valence-corrected chi connectivity index (χ0v) is 18.8. The lowest BCUT2D eigenvalue weighted by molar-refractivity contribution is 0.461. The highest BCUT2D eigenvalue weighted by Gasteiger charge is 2.42. The standard InChI is InChI=1S/C29H23O3P/c30-26-18-10-9-17-25(26)29(28-24-16-8-7-11-21(24)19-20-27(28)31)33(32,22-12-3-1-4-13-22)23-14-5-2-6-15-23/h1-20,29-31H. The van der Waals surface area contributed by atoms with E-state index in [2.05, 4.69) is 0 Å². The number of phenols is 2. The molecule has 0 bridgehead atoms. The minimum atomic E-state index is -3.46. The second-order valence-corrected chi connectivity index (χ2v) is 10.9. The molecule has 2 N–H and O–H groups in total. The van der Waals surface area contributed by atoms with Gasteiger partial charge in [0.2, 0.25) is 0 Å². The van der Waals surface area contributed by atoms with Crippen molar-refractivity contribution in [1.29, 1.82) is 0 Å². The van der Waals surface area contributed by atoms with E-state index in [0.29, 0.717) is 21.7 Å². The molecule has 3 nitrogen and oxygen atoms in total. The Morgan fingerprint density at radius 3 is 1.73 bits per heavy atom. The first-order valence-corrected chi connectivity index (χ1v) is 12.6. The minimum Gasteiger partial charge on any atom is -0.508 e. The van der Waals surface area contributed by atoms with Crippen molar-refractivity contribution in [2.45, 2.75) is 5.66 Å². The van der Waals surface area contributed by atoms with E-state index in [-0.39, 0.29) is 11.5 Å². The van der Waals surface area contributed by atoms with Crippen LogP contribution in [-0.2, 0) is 4.57 Å². The lowest BCUT2D eigenvalue weighted by Crippen LogP contribution is -2.22. The van der Waals surface area contributed by atoms with Crippen LogP contribution >= 0.6 is 7.14 Å². The Bertz CT molecular complexity index is 1420. The Balaban J connectivity index is 1.94. The van der Waals surface area contributed by atoms with Crippen molar-refractivity contribution in [1.82, 2.24) is 0 Å². The smallest absolute Gasteiger partial charge is 0.154 e. The average Bonchev–Trinajstić information content (AvgIpc) is 2.87. The Hall–Kier alpha value is -3.81. The van der Waals surface area contributed by atoms with Gasteiger partial charge in [-0.1, -0.05) is 109 Å². The molecule has 0 fully saturated rings. The van der Waals surface area contributed by atoms with Crippen molar-refractivity contribution in [3.05, 3.63) is 132 Å². The third kappa shape index (κ3) is 3.61. The summed E-state index contributed by atoms with van der Waals surface area (Å²) < 4.78 is 15.4. The minimum absolute atomic E-state index is 0.0434. The zero-order chi connectivity index (χ0) is 22.8. The first-order chi connectivity index (χ1) is 16.1. The molecular weight excluding hydrogens is 427 g/mol. The summed E-state index contributed by atoms with van der Waals surface area (Å²) in [5, 5.41) is 25.2. The summed E-state index contributed by atoms with van der Waals surface area (Å²) >= 11 is 0. The van der Waals surface area contributed by atoms with Gasteiger partial charge in [0.25, 0.3) is 0 Å². The number of benzene rings is 5. The number of fused-ring (bicyclic) bond motifs is 1. The van der Waals surface area contributed by atoms with Gasteiger partial charge < -0.3 is 14.8 Å². The van der Waals surface area contributed by atoms with Gasteiger partial charge in [0.05, 0.1) is 5.66 Å². The summed E-state index contributed by atoms with van der Waals surface area (Å²) in [4.78, 5) is 0. The molecular formula is C29H23O3P. The summed E-state index contributed by atoms with van der Waals surface area (Å²) in [6.07, 6.45) is 0. The maximum absolute atomic E-state index is 15.4. The first kappa shape index (κ1) is 21.1. The van der Waals surface area contributed by atoms with E-state index in [1.54, 1.807) is 24.3 Å². The predicted octanol–water partition coefficient (Wildman–Crippen LogP) is 6.35. The fourth-order valence-electron chi connectivity index (χ4n) is 4.57. The van der Waals surface area contributed by atoms with Gasteiger partial charge in [-0.25, -0.2) is 0 Å². The molecule has 162 valence electrons. The van der Waals surface area contributed by atoms with E-state index >= 15 is 4.57 Å². The number of hydrogen-bond acceptors (Lipinski definition) is 3. The molecule has 1 unspecified atom stereocenters. The molecule has 5 aromatic carbocycles. The lowest BCUT2D eigenvalue weighted by atomic mass is 9.96. The quantitative estimate of drug-likeness (QED) is 0.307. The molecule has 0 aliphatic heterocycles. The molecule has 0 radical (unpaired) electrons. The highest BCUT2D eigenvalue weighted by Crippen LogP contribution is 2.63. The molecule has 1 atom stereocenters. The summed E-state index contributed by atoms with van der Waals surface area (Å²) in [5.41, 5.74) is 0.264. The van der Waals surface area contributed by atoms with Crippen LogP contribution in [0.25, 0.3) is 10.8 Å². The number of phenolic OH excluding ortho intramolecular Hbond substituents is 2. The van der Waals surface area contributed by atoms with Crippen molar-refractivity contribution in [2.24, 2.45) is 0 Å². The van der Waals surface area contributed by atoms with Crippen LogP contribution in [0.1, 0.15) is 16.8 Å².